The second-order valence-electron chi connectivity index (χ2n) is 5.68. The lowest BCUT2D eigenvalue weighted by atomic mass is 10.1. The van der Waals surface area contributed by atoms with E-state index in [1.165, 1.54) is 30.5 Å². The van der Waals surface area contributed by atoms with E-state index in [1.807, 2.05) is 24.3 Å². The summed E-state index contributed by atoms with van der Waals surface area (Å²) in [4.78, 5) is 27.8. The highest BCUT2D eigenvalue weighted by Gasteiger charge is 2.24. The summed E-state index contributed by atoms with van der Waals surface area (Å²) in [5.41, 5.74) is 2.14. The Morgan fingerprint density at radius 1 is 1.24 bits per heavy atom. The van der Waals surface area contributed by atoms with Crippen molar-refractivity contribution in [1.29, 1.82) is 0 Å². The first-order valence-electron chi connectivity index (χ1n) is 7.85. The summed E-state index contributed by atoms with van der Waals surface area (Å²) in [7, 11) is 1.37. The van der Waals surface area contributed by atoms with Crippen LogP contribution in [-0.4, -0.2) is 41.7 Å². The molecule has 2 aromatic rings. The van der Waals surface area contributed by atoms with Crippen molar-refractivity contribution in [2.24, 2.45) is 0 Å². The highest BCUT2D eigenvalue weighted by atomic mass is 16.5. The molecule has 7 heteroatoms. The summed E-state index contributed by atoms with van der Waals surface area (Å²) in [5.74, 6) is -1.45. The molecule has 25 heavy (non-hydrogen) atoms. The van der Waals surface area contributed by atoms with Crippen molar-refractivity contribution in [3.05, 3.63) is 53.3 Å². The summed E-state index contributed by atoms with van der Waals surface area (Å²) in [6.45, 7) is -0.302. The van der Waals surface area contributed by atoms with Gasteiger partial charge in [-0.1, -0.05) is 24.3 Å². The Kier molecular flexibility index (Phi) is 4.83. The van der Waals surface area contributed by atoms with Gasteiger partial charge in [0.05, 0.1) is 7.11 Å². The predicted molar refractivity (Wildman–Crippen MR) is 88.5 cm³/mol. The molecule has 1 heterocycles. The van der Waals surface area contributed by atoms with Gasteiger partial charge in [-0.15, -0.1) is 0 Å². The predicted octanol–water partition coefficient (Wildman–Crippen LogP) is 1.24. The molecule has 2 N–H and O–H groups in total. The number of hydrogen-bond donors (Lipinski definition) is 2. The molecule has 0 unspecified atom stereocenters. The molecule has 1 aromatic heterocycles. The standard InChI is InChI=1S/C18H18N2O5/c1-24-14-6-7-19-16(17(14)22)18(23)20-10-15(21)25-13-8-11-4-2-3-5-12(11)9-13/h2-7,13,22H,8-10H2,1H3,(H,20,23). The van der Waals surface area contributed by atoms with Crippen LogP contribution in [-0.2, 0) is 22.4 Å². The minimum absolute atomic E-state index is 0.131. The minimum Gasteiger partial charge on any atom is -0.503 e. The number of benzene rings is 1. The van der Waals surface area contributed by atoms with Crippen molar-refractivity contribution < 1.29 is 24.2 Å². The van der Waals surface area contributed by atoms with Gasteiger partial charge in [0.15, 0.2) is 17.2 Å². The van der Waals surface area contributed by atoms with Gasteiger partial charge in [0.25, 0.3) is 5.91 Å². The van der Waals surface area contributed by atoms with Crippen LogP contribution in [0.5, 0.6) is 11.5 Å². The molecule has 0 saturated carbocycles. The zero-order chi connectivity index (χ0) is 17.8. The first-order chi connectivity index (χ1) is 12.1. The average Bonchev–Trinajstić information content (AvgIpc) is 3.02. The van der Waals surface area contributed by atoms with E-state index in [0.29, 0.717) is 12.8 Å². The van der Waals surface area contributed by atoms with Crippen molar-refractivity contribution in [3.8, 4) is 11.5 Å². The van der Waals surface area contributed by atoms with E-state index in [-0.39, 0.29) is 29.8 Å². The lowest BCUT2D eigenvalue weighted by molar-refractivity contribution is -0.147. The Morgan fingerprint density at radius 3 is 2.56 bits per heavy atom. The van der Waals surface area contributed by atoms with Crippen LogP contribution in [0.4, 0.5) is 0 Å². The summed E-state index contributed by atoms with van der Waals surface area (Å²) < 4.78 is 10.3. The van der Waals surface area contributed by atoms with Crippen molar-refractivity contribution in [1.82, 2.24) is 10.3 Å². The van der Waals surface area contributed by atoms with Gasteiger partial charge in [-0.05, 0) is 11.1 Å². The molecule has 1 aliphatic rings. The number of nitrogens with one attached hydrogen (secondary N) is 1. The molecule has 0 atom stereocenters. The van der Waals surface area contributed by atoms with Gasteiger partial charge in [-0.2, -0.15) is 0 Å². The summed E-state index contributed by atoms with van der Waals surface area (Å²) in [6, 6.07) is 9.37. The SMILES string of the molecule is COc1ccnc(C(=O)NCC(=O)OC2Cc3ccccc3C2)c1O. The maximum Gasteiger partial charge on any atom is 0.325 e. The number of aromatic nitrogens is 1. The molecule has 130 valence electrons. The number of esters is 1. The third-order valence-electron chi connectivity index (χ3n) is 4.03. The molecule has 0 saturated heterocycles. The van der Waals surface area contributed by atoms with Gasteiger partial charge in [0, 0.05) is 25.1 Å². The second-order valence-corrected chi connectivity index (χ2v) is 5.68. The fourth-order valence-corrected chi connectivity index (χ4v) is 2.83. The van der Waals surface area contributed by atoms with Crippen LogP contribution in [0, 0.1) is 0 Å². The Labute approximate surface area is 144 Å². The molecule has 0 aliphatic heterocycles. The Balaban J connectivity index is 1.52. The average molecular weight is 342 g/mol. The molecule has 7 nitrogen and oxygen atoms in total. The van der Waals surface area contributed by atoms with Crippen LogP contribution in [0.3, 0.4) is 0 Å². The summed E-state index contributed by atoms with van der Waals surface area (Å²) in [5, 5.41) is 12.3. The van der Waals surface area contributed by atoms with Gasteiger partial charge in [-0.3, -0.25) is 9.59 Å². The number of aromatic hydroxyl groups is 1. The Bertz CT molecular complexity index is 781. The minimum atomic E-state index is -0.678. The van der Waals surface area contributed by atoms with E-state index in [9.17, 15) is 14.7 Å². The zero-order valence-electron chi connectivity index (χ0n) is 13.7. The number of carbonyl (C=O) groups excluding carboxylic acids is 2. The number of nitrogens with zero attached hydrogens (tertiary/aromatic N) is 1. The molecule has 0 fully saturated rings. The van der Waals surface area contributed by atoms with Crippen molar-refractivity contribution >= 4 is 11.9 Å². The monoisotopic (exact) mass is 342 g/mol. The number of amides is 1. The number of fused-ring (bicyclic) bond motifs is 1. The summed E-state index contributed by atoms with van der Waals surface area (Å²) in [6.07, 6.45) is 2.47. The van der Waals surface area contributed by atoms with Gasteiger partial charge in [0.1, 0.15) is 12.6 Å². The molecule has 3 rings (SSSR count). The normalized spacial score (nSPS) is 13.2. The van der Waals surface area contributed by atoms with Crippen LogP contribution >= 0.6 is 0 Å². The smallest absolute Gasteiger partial charge is 0.325 e. The molecule has 0 spiro atoms. The number of rotatable bonds is 5. The molecule has 1 aromatic carbocycles. The van der Waals surface area contributed by atoms with Crippen LogP contribution in [0.2, 0.25) is 0 Å². The number of methoxy groups -OCH3 is 1. The highest BCUT2D eigenvalue weighted by molar-refractivity contribution is 5.97. The van der Waals surface area contributed by atoms with Crippen molar-refractivity contribution in [2.75, 3.05) is 13.7 Å². The third kappa shape index (κ3) is 3.71. The van der Waals surface area contributed by atoms with E-state index in [4.69, 9.17) is 9.47 Å². The molecule has 1 aliphatic carbocycles. The van der Waals surface area contributed by atoms with Crippen molar-refractivity contribution in [3.63, 3.8) is 0 Å². The Hall–Kier alpha value is -3.09. The van der Waals surface area contributed by atoms with E-state index in [1.54, 1.807) is 0 Å². The van der Waals surface area contributed by atoms with Gasteiger partial charge in [-0.25, -0.2) is 4.98 Å². The first kappa shape index (κ1) is 16.8. The number of hydrogen-bond acceptors (Lipinski definition) is 6. The first-order valence-corrected chi connectivity index (χ1v) is 7.85. The number of carbonyl (C=O) groups is 2. The fourth-order valence-electron chi connectivity index (χ4n) is 2.83. The van der Waals surface area contributed by atoms with E-state index in [2.05, 4.69) is 10.3 Å². The van der Waals surface area contributed by atoms with Crippen LogP contribution in [0.1, 0.15) is 21.6 Å². The zero-order valence-corrected chi connectivity index (χ0v) is 13.7. The largest absolute Gasteiger partial charge is 0.503 e. The Morgan fingerprint density at radius 2 is 1.92 bits per heavy atom. The topological polar surface area (TPSA) is 97.8 Å². The van der Waals surface area contributed by atoms with Gasteiger partial charge in [0.2, 0.25) is 0 Å². The van der Waals surface area contributed by atoms with Crippen LogP contribution < -0.4 is 10.1 Å². The summed E-state index contributed by atoms with van der Waals surface area (Å²) >= 11 is 0. The molecule has 0 bridgehead atoms. The molecule has 1 amide bonds. The quantitative estimate of drug-likeness (QED) is 0.794. The highest BCUT2D eigenvalue weighted by Crippen LogP contribution is 2.27. The molecular formula is C18H18N2O5. The van der Waals surface area contributed by atoms with Gasteiger partial charge < -0.3 is 19.9 Å². The lowest BCUT2D eigenvalue weighted by Gasteiger charge is -2.12. The van der Waals surface area contributed by atoms with Crippen molar-refractivity contribution in [2.45, 2.75) is 18.9 Å². The number of pyridine rings is 1. The van der Waals surface area contributed by atoms with E-state index < -0.39 is 11.9 Å². The maximum atomic E-state index is 12.1. The maximum absolute atomic E-state index is 12.1. The second kappa shape index (κ2) is 7.21. The molecule has 0 radical (unpaired) electrons. The lowest BCUT2D eigenvalue weighted by Crippen LogP contribution is -2.33. The van der Waals surface area contributed by atoms with Gasteiger partial charge >= 0.3 is 5.97 Å². The molecular weight excluding hydrogens is 324 g/mol. The van der Waals surface area contributed by atoms with E-state index in [0.717, 1.165) is 0 Å². The fraction of sp³-hybridized carbons (Fsp3) is 0.278. The third-order valence-corrected chi connectivity index (χ3v) is 4.03. The number of ether oxygens (including phenoxy) is 2. The van der Waals surface area contributed by atoms with Crippen LogP contribution in [0.15, 0.2) is 36.5 Å². The van der Waals surface area contributed by atoms with E-state index >= 15 is 0 Å². The van der Waals surface area contributed by atoms with Crippen LogP contribution in [0.25, 0.3) is 0 Å².